The normalized spacial score (nSPS) is 16.9. The summed E-state index contributed by atoms with van der Waals surface area (Å²) >= 11 is 0. The molecule has 0 atom stereocenters. The molecule has 0 unspecified atom stereocenters. The lowest BCUT2D eigenvalue weighted by molar-refractivity contribution is -0.192. The summed E-state index contributed by atoms with van der Waals surface area (Å²) in [6.45, 7) is 2.12. The summed E-state index contributed by atoms with van der Waals surface area (Å²) in [5.41, 5.74) is 8.64. The first-order chi connectivity index (χ1) is 9.15. The van der Waals surface area contributed by atoms with Gasteiger partial charge in [0, 0.05) is 5.54 Å². The number of carbonyl (C=O) groups is 1. The highest BCUT2D eigenvalue weighted by Gasteiger charge is 2.39. The van der Waals surface area contributed by atoms with Gasteiger partial charge in [-0.15, -0.1) is 0 Å². The van der Waals surface area contributed by atoms with E-state index in [0.29, 0.717) is 0 Å². The van der Waals surface area contributed by atoms with Crippen LogP contribution >= 0.6 is 0 Å². The second-order valence-electron chi connectivity index (χ2n) is 4.70. The van der Waals surface area contributed by atoms with E-state index in [0.717, 1.165) is 12.8 Å². The largest absolute Gasteiger partial charge is 0.490 e. The van der Waals surface area contributed by atoms with E-state index in [1.807, 2.05) is 6.07 Å². The molecule has 1 saturated carbocycles. The number of halogens is 3. The van der Waals surface area contributed by atoms with Crippen molar-refractivity contribution < 1.29 is 23.1 Å². The molecule has 20 heavy (non-hydrogen) atoms. The smallest absolute Gasteiger partial charge is 0.475 e. The van der Waals surface area contributed by atoms with Crippen LogP contribution in [-0.2, 0) is 4.79 Å². The topological polar surface area (TPSA) is 63.3 Å². The van der Waals surface area contributed by atoms with Crippen molar-refractivity contribution in [1.29, 1.82) is 0 Å². The molecule has 0 amide bonds. The maximum atomic E-state index is 10.6. The Kier molecular flexibility index (Phi) is 4.94. The van der Waals surface area contributed by atoms with Gasteiger partial charge in [0.25, 0.3) is 0 Å². The van der Waals surface area contributed by atoms with Gasteiger partial charge >= 0.3 is 12.1 Å². The molecule has 0 aliphatic heterocycles. The molecule has 0 radical (unpaired) electrons. The van der Waals surface area contributed by atoms with Gasteiger partial charge in [-0.05, 0) is 25.3 Å². The van der Waals surface area contributed by atoms with Crippen LogP contribution < -0.4 is 5.73 Å². The number of benzene rings is 1. The number of rotatable bonds is 2. The van der Waals surface area contributed by atoms with Gasteiger partial charge < -0.3 is 10.8 Å². The van der Waals surface area contributed by atoms with Crippen LogP contribution in [0.1, 0.15) is 25.3 Å². The van der Waals surface area contributed by atoms with E-state index in [1.165, 1.54) is 11.1 Å². The lowest BCUT2D eigenvalue weighted by atomic mass is 10.0. The summed E-state index contributed by atoms with van der Waals surface area (Å²) in [5, 5.41) is 7.12. The van der Waals surface area contributed by atoms with Gasteiger partial charge in [0.05, 0.1) is 0 Å². The maximum Gasteiger partial charge on any atom is 0.490 e. The number of hydrogen-bond acceptors (Lipinski definition) is 2. The van der Waals surface area contributed by atoms with Crippen molar-refractivity contribution in [1.82, 2.24) is 0 Å². The minimum atomic E-state index is -5.08. The number of carboxylic acid groups (broad SMARTS) is 1. The second-order valence-corrected chi connectivity index (χ2v) is 4.70. The first-order valence-corrected chi connectivity index (χ1v) is 5.98. The highest BCUT2D eigenvalue weighted by molar-refractivity contribution is 5.73. The monoisotopic (exact) mass is 287 g/mol. The van der Waals surface area contributed by atoms with Crippen molar-refractivity contribution in [3.63, 3.8) is 0 Å². The third-order valence-electron chi connectivity index (χ3n) is 3.00. The Morgan fingerprint density at radius 1 is 1.30 bits per heavy atom. The molecule has 1 fully saturated rings. The predicted molar refractivity (Wildman–Crippen MR) is 69.9 cm³/mol. The zero-order valence-electron chi connectivity index (χ0n) is 10.9. The van der Waals surface area contributed by atoms with E-state index in [2.05, 4.69) is 37.3 Å². The van der Waals surface area contributed by atoms with Crippen molar-refractivity contribution >= 4 is 12.0 Å². The Morgan fingerprint density at radius 3 is 2.10 bits per heavy atom. The quantitative estimate of drug-likeness (QED) is 0.878. The molecule has 0 saturated heterocycles. The molecular weight excluding hydrogens is 271 g/mol. The highest BCUT2D eigenvalue weighted by Crippen LogP contribution is 2.39. The van der Waals surface area contributed by atoms with Crippen LogP contribution in [0.2, 0.25) is 0 Å². The lowest BCUT2D eigenvalue weighted by Gasteiger charge is -2.08. The minimum Gasteiger partial charge on any atom is -0.475 e. The van der Waals surface area contributed by atoms with Crippen LogP contribution in [0.5, 0.6) is 0 Å². The van der Waals surface area contributed by atoms with Crippen molar-refractivity contribution in [2.45, 2.75) is 31.5 Å². The number of alkyl halides is 3. The Bertz CT molecular complexity index is 491. The van der Waals surface area contributed by atoms with Crippen LogP contribution in [-0.4, -0.2) is 22.8 Å². The van der Waals surface area contributed by atoms with Crippen LogP contribution in [0.25, 0.3) is 6.08 Å². The fourth-order valence-corrected chi connectivity index (χ4v) is 1.47. The summed E-state index contributed by atoms with van der Waals surface area (Å²) in [5.74, 6) is -2.76. The molecule has 0 aromatic heterocycles. The number of carboxylic acids is 1. The van der Waals surface area contributed by atoms with E-state index < -0.39 is 12.1 Å². The fourth-order valence-electron chi connectivity index (χ4n) is 1.47. The van der Waals surface area contributed by atoms with Gasteiger partial charge in [0.1, 0.15) is 0 Å². The Morgan fingerprint density at radius 2 is 1.75 bits per heavy atom. The SMILES string of the molecule is C/C(=C\c1ccccc1)C1(N)CC1.O=C(O)C(F)(F)F. The molecular formula is C14H16F3NO2. The number of aliphatic carboxylic acids is 1. The Balaban J connectivity index is 0.000000246. The molecule has 1 aliphatic carbocycles. The van der Waals surface area contributed by atoms with Gasteiger partial charge in [-0.1, -0.05) is 42.0 Å². The third kappa shape index (κ3) is 5.05. The zero-order valence-corrected chi connectivity index (χ0v) is 10.9. The molecule has 0 bridgehead atoms. The van der Waals surface area contributed by atoms with Crippen LogP contribution in [0.15, 0.2) is 35.9 Å². The average molecular weight is 287 g/mol. The van der Waals surface area contributed by atoms with Gasteiger partial charge in [-0.3, -0.25) is 0 Å². The van der Waals surface area contributed by atoms with Crippen LogP contribution in [0.3, 0.4) is 0 Å². The van der Waals surface area contributed by atoms with Crippen LogP contribution in [0.4, 0.5) is 13.2 Å². The molecule has 1 aromatic rings. The Hall–Kier alpha value is -1.82. The summed E-state index contributed by atoms with van der Waals surface area (Å²) < 4.78 is 31.7. The van der Waals surface area contributed by atoms with Crippen molar-refractivity contribution in [3.05, 3.63) is 41.5 Å². The van der Waals surface area contributed by atoms with Gasteiger partial charge in [-0.25, -0.2) is 4.79 Å². The molecule has 3 N–H and O–H groups in total. The van der Waals surface area contributed by atoms with Gasteiger partial charge in [-0.2, -0.15) is 13.2 Å². The molecule has 0 spiro atoms. The number of nitrogens with two attached hydrogens (primary N) is 1. The molecule has 3 nitrogen and oxygen atoms in total. The van der Waals surface area contributed by atoms with E-state index in [4.69, 9.17) is 15.6 Å². The summed E-state index contributed by atoms with van der Waals surface area (Å²) in [4.78, 5) is 8.90. The summed E-state index contributed by atoms with van der Waals surface area (Å²) in [6, 6.07) is 10.3. The van der Waals surface area contributed by atoms with Crippen molar-refractivity contribution in [3.8, 4) is 0 Å². The van der Waals surface area contributed by atoms with Gasteiger partial charge in [0.2, 0.25) is 0 Å². The predicted octanol–water partition coefficient (Wildman–Crippen LogP) is 3.21. The molecule has 0 heterocycles. The van der Waals surface area contributed by atoms with E-state index in [9.17, 15) is 13.2 Å². The molecule has 1 aliphatic rings. The fraction of sp³-hybridized carbons (Fsp3) is 0.357. The van der Waals surface area contributed by atoms with E-state index >= 15 is 0 Å². The third-order valence-corrected chi connectivity index (χ3v) is 3.00. The summed E-state index contributed by atoms with van der Waals surface area (Å²) in [6.07, 6.45) is -0.614. The second kappa shape index (κ2) is 6.09. The molecule has 6 heteroatoms. The Labute approximate surface area is 114 Å². The standard InChI is InChI=1S/C12H15N.C2HF3O2/c1-10(12(13)7-8-12)9-11-5-3-2-4-6-11;3-2(4,5)1(6)7/h2-6,9H,7-8,13H2,1H3;(H,6,7)/b10-9+;. The molecule has 2 rings (SSSR count). The van der Waals surface area contributed by atoms with Crippen LogP contribution in [0, 0.1) is 0 Å². The minimum absolute atomic E-state index is 0.0237. The lowest BCUT2D eigenvalue weighted by Crippen LogP contribution is -2.22. The molecule has 1 aromatic carbocycles. The first-order valence-electron chi connectivity index (χ1n) is 5.98. The van der Waals surface area contributed by atoms with Crippen molar-refractivity contribution in [2.75, 3.05) is 0 Å². The highest BCUT2D eigenvalue weighted by atomic mass is 19.4. The van der Waals surface area contributed by atoms with E-state index in [1.54, 1.807) is 0 Å². The first kappa shape index (κ1) is 16.2. The maximum absolute atomic E-state index is 10.6. The van der Waals surface area contributed by atoms with Crippen molar-refractivity contribution in [2.24, 2.45) is 5.73 Å². The molecule has 110 valence electrons. The van der Waals surface area contributed by atoms with E-state index in [-0.39, 0.29) is 5.54 Å². The van der Waals surface area contributed by atoms with Gasteiger partial charge in [0.15, 0.2) is 0 Å². The average Bonchev–Trinajstić information content (AvgIpc) is 3.09. The zero-order chi connectivity index (χ0) is 15.4. The summed E-state index contributed by atoms with van der Waals surface area (Å²) in [7, 11) is 0. The number of hydrogen-bond donors (Lipinski definition) is 2.